The topological polar surface area (TPSA) is 0 Å². The van der Waals surface area contributed by atoms with Crippen LogP contribution >= 0.6 is 22.6 Å². The molecular formula is C18H19I. The van der Waals surface area contributed by atoms with Crippen molar-refractivity contribution >= 4 is 22.6 Å². The summed E-state index contributed by atoms with van der Waals surface area (Å²) < 4.78 is 1.52. The molecule has 0 radical (unpaired) electrons. The predicted octanol–water partition coefficient (Wildman–Crippen LogP) is 5.78. The molecule has 2 aliphatic carbocycles. The molecule has 3 rings (SSSR count). The Labute approximate surface area is 129 Å². The van der Waals surface area contributed by atoms with Crippen LogP contribution in [0.5, 0.6) is 0 Å². The van der Waals surface area contributed by atoms with Crippen molar-refractivity contribution in [2.45, 2.75) is 31.6 Å². The Bertz CT molecular complexity index is 522. The third-order valence-electron chi connectivity index (χ3n) is 4.24. The summed E-state index contributed by atoms with van der Waals surface area (Å²) in [6.45, 7) is 0. The van der Waals surface area contributed by atoms with Crippen LogP contribution in [0.4, 0.5) is 0 Å². The molecule has 1 aromatic carbocycles. The molecule has 1 aromatic rings. The van der Waals surface area contributed by atoms with E-state index in [1.165, 1.54) is 34.8 Å². The lowest BCUT2D eigenvalue weighted by molar-refractivity contribution is 0.457. The van der Waals surface area contributed by atoms with E-state index in [0.717, 1.165) is 0 Å². The quantitative estimate of drug-likeness (QED) is 0.586. The summed E-state index contributed by atoms with van der Waals surface area (Å²) in [5.74, 6) is 1.36. The van der Waals surface area contributed by atoms with Gasteiger partial charge in [0.1, 0.15) is 0 Å². The molecule has 0 saturated heterocycles. The van der Waals surface area contributed by atoms with Crippen LogP contribution < -0.4 is 0 Å². The van der Waals surface area contributed by atoms with Crippen molar-refractivity contribution < 1.29 is 0 Å². The minimum absolute atomic E-state index is 0.663. The summed E-state index contributed by atoms with van der Waals surface area (Å²) in [5.41, 5.74) is 3.15. The van der Waals surface area contributed by atoms with Crippen LogP contribution in [0, 0.1) is 5.92 Å². The summed E-state index contributed by atoms with van der Waals surface area (Å²) >= 11 is 2.51. The summed E-state index contributed by atoms with van der Waals surface area (Å²) in [6.07, 6.45) is 14.2. The Morgan fingerprint density at radius 2 is 1.89 bits per heavy atom. The van der Waals surface area contributed by atoms with Gasteiger partial charge in [0, 0.05) is 0 Å². The van der Waals surface area contributed by atoms with Crippen LogP contribution in [0.25, 0.3) is 0 Å². The van der Waals surface area contributed by atoms with Crippen LogP contribution in [0.15, 0.2) is 63.8 Å². The van der Waals surface area contributed by atoms with E-state index in [1.54, 1.807) is 5.57 Å². The van der Waals surface area contributed by atoms with E-state index in [0.29, 0.717) is 11.8 Å². The molecule has 2 atom stereocenters. The van der Waals surface area contributed by atoms with Crippen LogP contribution in [-0.4, -0.2) is 0 Å². The minimum atomic E-state index is 0.663. The average molecular weight is 362 g/mol. The molecule has 0 nitrogen and oxygen atoms in total. The SMILES string of the molecule is IC1=CC[C@H](C2=CC=CCC2)C(c2ccccc2)C1. The number of halogens is 1. The number of rotatable bonds is 2. The molecule has 0 saturated carbocycles. The first kappa shape index (κ1) is 13.2. The van der Waals surface area contributed by atoms with Gasteiger partial charge in [-0.05, 0) is 69.3 Å². The van der Waals surface area contributed by atoms with Gasteiger partial charge in [-0.2, -0.15) is 0 Å². The summed E-state index contributed by atoms with van der Waals surface area (Å²) in [6, 6.07) is 11.1. The zero-order chi connectivity index (χ0) is 13.1. The monoisotopic (exact) mass is 362 g/mol. The van der Waals surface area contributed by atoms with Gasteiger partial charge in [-0.3, -0.25) is 0 Å². The maximum atomic E-state index is 2.51. The average Bonchev–Trinajstić information content (AvgIpc) is 2.49. The number of allylic oxidation sites excluding steroid dienone is 6. The molecule has 0 amide bonds. The molecule has 19 heavy (non-hydrogen) atoms. The lowest BCUT2D eigenvalue weighted by atomic mass is 9.73. The molecule has 2 aliphatic rings. The van der Waals surface area contributed by atoms with E-state index >= 15 is 0 Å². The van der Waals surface area contributed by atoms with Gasteiger partial charge in [0.05, 0.1) is 0 Å². The number of hydrogen-bond acceptors (Lipinski definition) is 0. The lowest BCUT2D eigenvalue weighted by Gasteiger charge is -2.33. The Kier molecular flexibility index (Phi) is 4.21. The van der Waals surface area contributed by atoms with Gasteiger partial charge >= 0.3 is 0 Å². The van der Waals surface area contributed by atoms with Crippen molar-refractivity contribution in [2.75, 3.05) is 0 Å². The van der Waals surface area contributed by atoms with Gasteiger partial charge in [0.25, 0.3) is 0 Å². The molecule has 1 heteroatoms. The van der Waals surface area contributed by atoms with Gasteiger partial charge in [-0.1, -0.05) is 60.2 Å². The zero-order valence-electron chi connectivity index (χ0n) is 11.1. The van der Waals surface area contributed by atoms with E-state index in [9.17, 15) is 0 Å². The molecule has 0 bridgehead atoms. The van der Waals surface area contributed by atoms with Gasteiger partial charge in [-0.25, -0.2) is 0 Å². The summed E-state index contributed by atoms with van der Waals surface area (Å²) in [4.78, 5) is 0. The molecule has 1 unspecified atom stereocenters. The molecule has 0 fully saturated rings. The smallest absolute Gasteiger partial charge is 0.00485 e. The molecule has 0 aromatic heterocycles. The van der Waals surface area contributed by atoms with E-state index in [2.05, 4.69) is 77.2 Å². The molecule has 98 valence electrons. The fraction of sp³-hybridized carbons (Fsp3) is 0.333. The van der Waals surface area contributed by atoms with E-state index in [4.69, 9.17) is 0 Å². The van der Waals surface area contributed by atoms with Crippen molar-refractivity contribution in [1.29, 1.82) is 0 Å². The Hall–Kier alpha value is -0.830. The standard InChI is InChI=1S/C18H19I/c19-16-11-12-17(14-7-3-1-4-8-14)18(13-16)15-9-5-2-6-10-15/h1-3,5-7,9-11,17-18H,4,8,12-13H2/t17-,18?/m1/s1. The second-order valence-electron chi connectivity index (χ2n) is 5.42. The highest BCUT2D eigenvalue weighted by Crippen LogP contribution is 2.44. The predicted molar refractivity (Wildman–Crippen MR) is 90.5 cm³/mol. The third kappa shape index (κ3) is 3.02. The highest BCUT2D eigenvalue weighted by molar-refractivity contribution is 14.1. The Balaban J connectivity index is 1.92. The van der Waals surface area contributed by atoms with Crippen molar-refractivity contribution in [2.24, 2.45) is 5.92 Å². The molecular weight excluding hydrogens is 343 g/mol. The molecule has 0 spiro atoms. The second kappa shape index (κ2) is 6.08. The van der Waals surface area contributed by atoms with Gasteiger partial charge < -0.3 is 0 Å². The summed E-state index contributed by atoms with van der Waals surface area (Å²) in [5, 5.41) is 0. The first-order chi connectivity index (χ1) is 9.34. The number of benzene rings is 1. The first-order valence-electron chi connectivity index (χ1n) is 7.09. The van der Waals surface area contributed by atoms with Crippen molar-refractivity contribution in [1.82, 2.24) is 0 Å². The van der Waals surface area contributed by atoms with Crippen LogP contribution in [0.3, 0.4) is 0 Å². The largest absolute Gasteiger partial charge is 0.0842 e. The van der Waals surface area contributed by atoms with Crippen molar-refractivity contribution in [3.05, 3.63) is 69.4 Å². The second-order valence-corrected chi connectivity index (χ2v) is 6.81. The van der Waals surface area contributed by atoms with Crippen LogP contribution in [0.2, 0.25) is 0 Å². The first-order valence-corrected chi connectivity index (χ1v) is 8.17. The molecule has 0 heterocycles. The maximum absolute atomic E-state index is 2.51. The van der Waals surface area contributed by atoms with Crippen molar-refractivity contribution in [3.8, 4) is 0 Å². The Morgan fingerprint density at radius 1 is 1.05 bits per heavy atom. The molecule has 0 aliphatic heterocycles. The Morgan fingerprint density at radius 3 is 2.63 bits per heavy atom. The van der Waals surface area contributed by atoms with E-state index in [-0.39, 0.29) is 0 Å². The highest BCUT2D eigenvalue weighted by Gasteiger charge is 2.29. The summed E-state index contributed by atoms with van der Waals surface area (Å²) in [7, 11) is 0. The number of hydrogen-bond donors (Lipinski definition) is 0. The van der Waals surface area contributed by atoms with Gasteiger partial charge in [0.15, 0.2) is 0 Å². The van der Waals surface area contributed by atoms with Crippen LogP contribution in [-0.2, 0) is 0 Å². The maximum Gasteiger partial charge on any atom is -0.00485 e. The van der Waals surface area contributed by atoms with E-state index < -0.39 is 0 Å². The van der Waals surface area contributed by atoms with Crippen LogP contribution in [0.1, 0.15) is 37.2 Å². The molecule has 0 N–H and O–H groups in total. The lowest BCUT2D eigenvalue weighted by Crippen LogP contribution is -2.19. The third-order valence-corrected chi connectivity index (χ3v) is 5.12. The normalized spacial score (nSPS) is 26.8. The van der Waals surface area contributed by atoms with E-state index in [1.807, 2.05) is 0 Å². The van der Waals surface area contributed by atoms with Gasteiger partial charge in [-0.15, -0.1) is 0 Å². The minimum Gasteiger partial charge on any atom is -0.0842 e. The van der Waals surface area contributed by atoms with Crippen molar-refractivity contribution in [3.63, 3.8) is 0 Å². The zero-order valence-corrected chi connectivity index (χ0v) is 13.2. The fourth-order valence-electron chi connectivity index (χ4n) is 3.25. The highest BCUT2D eigenvalue weighted by atomic mass is 127. The fourth-order valence-corrected chi connectivity index (χ4v) is 3.97. The van der Waals surface area contributed by atoms with Gasteiger partial charge in [0.2, 0.25) is 0 Å².